The van der Waals surface area contributed by atoms with E-state index < -0.39 is 23.7 Å². The number of hydrogen-bond acceptors (Lipinski definition) is 10. The SMILES string of the molecule is CCOc1ccc(C2C(=C(O)c3ccc(OC)cc3C)C(=O)C(=O)N2c2nc(C)c(C(=O)OC)s2)cc1OC. The summed E-state index contributed by atoms with van der Waals surface area (Å²) in [5.74, 6) is -1.32. The summed E-state index contributed by atoms with van der Waals surface area (Å²) in [5, 5.41) is 11.6. The first kappa shape index (κ1) is 27.6. The van der Waals surface area contributed by atoms with Gasteiger partial charge in [-0.05, 0) is 62.2 Å². The highest BCUT2D eigenvalue weighted by atomic mass is 32.1. The molecule has 204 valence electrons. The van der Waals surface area contributed by atoms with Crippen molar-refractivity contribution in [2.75, 3.05) is 32.8 Å². The number of benzene rings is 2. The number of aliphatic hydroxyl groups is 1. The number of methoxy groups -OCH3 is 3. The van der Waals surface area contributed by atoms with Crippen molar-refractivity contribution in [1.29, 1.82) is 0 Å². The summed E-state index contributed by atoms with van der Waals surface area (Å²) in [4.78, 5) is 45.1. The van der Waals surface area contributed by atoms with Crippen molar-refractivity contribution in [3.8, 4) is 17.2 Å². The van der Waals surface area contributed by atoms with Crippen molar-refractivity contribution >= 4 is 39.9 Å². The average Bonchev–Trinajstić information content (AvgIpc) is 3.44. The molecule has 1 aliphatic heterocycles. The largest absolute Gasteiger partial charge is 0.507 e. The van der Waals surface area contributed by atoms with E-state index in [4.69, 9.17) is 18.9 Å². The van der Waals surface area contributed by atoms with Gasteiger partial charge in [0.25, 0.3) is 5.78 Å². The van der Waals surface area contributed by atoms with E-state index in [1.807, 2.05) is 6.92 Å². The molecule has 1 atom stereocenters. The van der Waals surface area contributed by atoms with Crippen LogP contribution in [-0.2, 0) is 14.3 Å². The zero-order chi connectivity index (χ0) is 28.4. The molecule has 39 heavy (non-hydrogen) atoms. The molecule has 2 heterocycles. The molecule has 0 saturated carbocycles. The van der Waals surface area contributed by atoms with Gasteiger partial charge >= 0.3 is 11.9 Å². The van der Waals surface area contributed by atoms with Crippen LogP contribution in [0.2, 0.25) is 0 Å². The lowest BCUT2D eigenvalue weighted by Crippen LogP contribution is -2.29. The molecule has 0 spiro atoms. The number of ketones is 1. The van der Waals surface area contributed by atoms with Crippen LogP contribution < -0.4 is 19.1 Å². The van der Waals surface area contributed by atoms with Gasteiger partial charge in [-0.3, -0.25) is 14.5 Å². The maximum absolute atomic E-state index is 13.5. The van der Waals surface area contributed by atoms with Gasteiger partial charge in [-0.1, -0.05) is 17.4 Å². The van der Waals surface area contributed by atoms with Gasteiger partial charge in [-0.2, -0.15) is 0 Å². The molecule has 1 aromatic heterocycles. The summed E-state index contributed by atoms with van der Waals surface area (Å²) in [7, 11) is 4.25. The normalized spacial score (nSPS) is 16.4. The van der Waals surface area contributed by atoms with Gasteiger partial charge in [0.05, 0.1) is 45.2 Å². The molecule has 1 unspecified atom stereocenters. The van der Waals surface area contributed by atoms with E-state index in [1.165, 1.54) is 26.2 Å². The molecule has 1 amide bonds. The lowest BCUT2D eigenvalue weighted by Gasteiger charge is -2.24. The standard InChI is InChI=1S/C28H28N2O8S/c1-7-38-19-11-8-16(13-20(19)36-5)22-21(23(31)18-10-9-17(35-4)12-14(18)2)24(32)26(33)30(22)28-29-15(3)25(39-28)27(34)37-6/h8-13,22,31H,7H2,1-6H3. The topological polar surface area (TPSA) is 124 Å². The van der Waals surface area contributed by atoms with Gasteiger partial charge < -0.3 is 24.1 Å². The smallest absolute Gasteiger partial charge is 0.350 e. The van der Waals surface area contributed by atoms with Gasteiger partial charge in [0.15, 0.2) is 16.6 Å². The highest BCUT2D eigenvalue weighted by Gasteiger charge is 2.48. The number of nitrogens with zero attached hydrogens (tertiary/aromatic N) is 2. The number of ether oxygens (including phenoxy) is 4. The summed E-state index contributed by atoms with van der Waals surface area (Å²) in [6.45, 7) is 5.61. The Labute approximate surface area is 229 Å². The Kier molecular flexibility index (Phi) is 7.91. The van der Waals surface area contributed by atoms with E-state index in [2.05, 4.69) is 4.98 Å². The average molecular weight is 553 g/mol. The van der Waals surface area contributed by atoms with Crippen LogP contribution in [-0.4, -0.2) is 55.7 Å². The van der Waals surface area contributed by atoms with Crippen molar-refractivity contribution in [2.45, 2.75) is 26.8 Å². The monoisotopic (exact) mass is 552 g/mol. The molecule has 10 nitrogen and oxygen atoms in total. The molecule has 0 aliphatic carbocycles. The molecule has 1 aliphatic rings. The third-order valence-corrected chi connectivity index (χ3v) is 7.44. The van der Waals surface area contributed by atoms with E-state index in [0.29, 0.717) is 46.2 Å². The first-order chi connectivity index (χ1) is 18.7. The Bertz CT molecular complexity index is 1490. The molecule has 0 radical (unpaired) electrons. The number of Topliss-reactive ketones (excluding diaryl/α,β-unsaturated/α-hetero) is 1. The molecule has 0 bridgehead atoms. The van der Waals surface area contributed by atoms with Crippen LogP contribution in [0.4, 0.5) is 5.13 Å². The Morgan fingerprint density at radius 1 is 1.05 bits per heavy atom. The van der Waals surface area contributed by atoms with E-state index in [1.54, 1.807) is 50.2 Å². The molecule has 3 aromatic rings. The number of aryl methyl sites for hydroxylation is 2. The fourth-order valence-corrected chi connectivity index (χ4v) is 5.43. The summed E-state index contributed by atoms with van der Waals surface area (Å²) in [6.07, 6.45) is 0. The van der Waals surface area contributed by atoms with Crippen molar-refractivity contribution in [3.63, 3.8) is 0 Å². The minimum absolute atomic E-state index is 0.110. The number of esters is 1. The minimum atomic E-state index is -1.08. The van der Waals surface area contributed by atoms with Crippen LogP contribution in [0.25, 0.3) is 5.76 Å². The van der Waals surface area contributed by atoms with Crippen LogP contribution in [0.1, 0.15) is 45.0 Å². The van der Waals surface area contributed by atoms with Crippen molar-refractivity contribution < 1.29 is 38.4 Å². The second-order valence-corrected chi connectivity index (χ2v) is 9.57. The van der Waals surface area contributed by atoms with Gasteiger partial charge in [0.1, 0.15) is 16.4 Å². The lowest BCUT2D eigenvalue weighted by atomic mass is 9.93. The minimum Gasteiger partial charge on any atom is -0.507 e. The van der Waals surface area contributed by atoms with Crippen LogP contribution in [0.15, 0.2) is 42.0 Å². The number of anilines is 1. The molecule has 1 fully saturated rings. The number of rotatable bonds is 8. The molecule has 1 saturated heterocycles. The first-order valence-corrected chi connectivity index (χ1v) is 12.8. The quantitative estimate of drug-likeness (QED) is 0.185. The number of carbonyl (C=O) groups excluding carboxylic acids is 3. The third kappa shape index (κ3) is 4.92. The van der Waals surface area contributed by atoms with Gasteiger partial charge in [0, 0.05) is 5.56 Å². The van der Waals surface area contributed by atoms with Crippen molar-refractivity contribution in [1.82, 2.24) is 4.98 Å². The first-order valence-electron chi connectivity index (χ1n) is 12.0. The Morgan fingerprint density at radius 3 is 2.41 bits per heavy atom. The number of aliphatic hydroxyl groups excluding tert-OH is 1. The van der Waals surface area contributed by atoms with Crippen LogP contribution in [0.5, 0.6) is 17.2 Å². The number of carbonyl (C=O) groups is 3. The third-order valence-electron chi connectivity index (χ3n) is 6.30. The second kappa shape index (κ2) is 11.2. The Morgan fingerprint density at radius 2 is 1.79 bits per heavy atom. The highest BCUT2D eigenvalue weighted by molar-refractivity contribution is 7.17. The predicted molar refractivity (Wildman–Crippen MR) is 145 cm³/mol. The Hall–Kier alpha value is -4.38. The molecule has 1 N–H and O–H groups in total. The number of aromatic nitrogens is 1. The molecule has 11 heteroatoms. The zero-order valence-corrected chi connectivity index (χ0v) is 23.2. The van der Waals surface area contributed by atoms with E-state index in [-0.39, 0.29) is 21.3 Å². The molecule has 2 aromatic carbocycles. The van der Waals surface area contributed by atoms with E-state index in [9.17, 15) is 19.5 Å². The van der Waals surface area contributed by atoms with E-state index in [0.717, 1.165) is 11.3 Å². The van der Waals surface area contributed by atoms with Crippen LogP contribution >= 0.6 is 11.3 Å². The fourth-order valence-electron chi connectivity index (χ4n) is 4.42. The number of amides is 1. The van der Waals surface area contributed by atoms with Crippen molar-refractivity contribution in [3.05, 3.63) is 69.2 Å². The zero-order valence-electron chi connectivity index (χ0n) is 22.4. The Balaban J connectivity index is 1.97. The van der Waals surface area contributed by atoms with Crippen LogP contribution in [0, 0.1) is 13.8 Å². The molecule has 4 rings (SSSR count). The summed E-state index contributed by atoms with van der Waals surface area (Å²) in [6, 6.07) is 8.91. The highest BCUT2D eigenvalue weighted by Crippen LogP contribution is 2.46. The lowest BCUT2D eigenvalue weighted by molar-refractivity contribution is -0.132. The molecular formula is C28H28N2O8S. The maximum atomic E-state index is 13.5. The number of thiazole rings is 1. The van der Waals surface area contributed by atoms with Gasteiger partial charge in [-0.25, -0.2) is 9.78 Å². The van der Waals surface area contributed by atoms with E-state index >= 15 is 0 Å². The maximum Gasteiger partial charge on any atom is 0.350 e. The summed E-state index contributed by atoms with van der Waals surface area (Å²) in [5.41, 5.74) is 1.68. The fraction of sp³-hybridized carbons (Fsp3) is 0.286. The summed E-state index contributed by atoms with van der Waals surface area (Å²) >= 11 is 0.923. The molecular weight excluding hydrogens is 524 g/mol. The van der Waals surface area contributed by atoms with Gasteiger partial charge in [-0.15, -0.1) is 0 Å². The predicted octanol–water partition coefficient (Wildman–Crippen LogP) is 4.59. The van der Waals surface area contributed by atoms with Crippen LogP contribution in [0.3, 0.4) is 0 Å². The van der Waals surface area contributed by atoms with Gasteiger partial charge in [0.2, 0.25) is 0 Å². The van der Waals surface area contributed by atoms with Crippen molar-refractivity contribution in [2.24, 2.45) is 0 Å². The number of hydrogen-bond donors (Lipinski definition) is 1. The summed E-state index contributed by atoms with van der Waals surface area (Å²) < 4.78 is 21.2. The second-order valence-electron chi connectivity index (χ2n) is 8.60.